The van der Waals surface area contributed by atoms with E-state index in [1.807, 2.05) is 0 Å². The summed E-state index contributed by atoms with van der Waals surface area (Å²) in [7, 11) is 0. The molecule has 1 heterocycles. The first-order chi connectivity index (χ1) is 10.8. The number of Topliss-reactive ketones (excluding diaryl/α,β-unsaturated/α-hetero) is 1. The number of carbonyl (C=O) groups is 1. The Morgan fingerprint density at radius 1 is 1.04 bits per heavy atom. The maximum atomic E-state index is 13.7. The van der Waals surface area contributed by atoms with Crippen molar-refractivity contribution < 1.29 is 31.5 Å². The van der Waals surface area contributed by atoms with E-state index in [9.17, 15) is 26.7 Å². The normalized spacial score (nSPS) is 17.6. The molecule has 0 saturated carbocycles. The Hall–Kier alpha value is -2.44. The number of fused-ring (bicyclic) bond motifs is 1. The summed E-state index contributed by atoms with van der Waals surface area (Å²) in [6, 6.07) is 5.53. The van der Waals surface area contributed by atoms with Crippen molar-refractivity contribution in [2.24, 2.45) is 0 Å². The molecule has 0 spiro atoms. The van der Waals surface area contributed by atoms with Crippen LogP contribution in [0.15, 0.2) is 36.4 Å². The minimum absolute atomic E-state index is 0.203. The highest BCUT2D eigenvalue weighted by atomic mass is 19.4. The Labute approximate surface area is 127 Å². The molecule has 7 heteroatoms. The summed E-state index contributed by atoms with van der Waals surface area (Å²) >= 11 is 0. The van der Waals surface area contributed by atoms with Gasteiger partial charge in [-0.25, -0.2) is 8.78 Å². The highest BCUT2D eigenvalue weighted by Crippen LogP contribution is 2.38. The van der Waals surface area contributed by atoms with E-state index in [1.165, 1.54) is 12.1 Å². The minimum atomic E-state index is -4.47. The van der Waals surface area contributed by atoms with Crippen LogP contribution in [0.2, 0.25) is 0 Å². The summed E-state index contributed by atoms with van der Waals surface area (Å²) in [5.74, 6) is -2.83. The van der Waals surface area contributed by atoms with Crippen LogP contribution in [0.5, 0.6) is 5.75 Å². The minimum Gasteiger partial charge on any atom is -0.481 e. The maximum Gasteiger partial charge on any atom is 0.416 e. The third kappa shape index (κ3) is 2.91. The first-order valence-corrected chi connectivity index (χ1v) is 6.62. The van der Waals surface area contributed by atoms with Crippen LogP contribution in [0, 0.1) is 11.6 Å². The number of halogens is 5. The predicted octanol–water partition coefficient (Wildman–Crippen LogP) is 4.69. The fourth-order valence-electron chi connectivity index (χ4n) is 2.42. The van der Waals surface area contributed by atoms with Gasteiger partial charge >= 0.3 is 6.18 Å². The highest BCUT2D eigenvalue weighted by molar-refractivity contribution is 6.00. The lowest BCUT2D eigenvalue weighted by Gasteiger charge is -2.26. The van der Waals surface area contributed by atoms with Crippen LogP contribution in [-0.2, 0) is 6.18 Å². The van der Waals surface area contributed by atoms with Crippen molar-refractivity contribution in [1.29, 1.82) is 0 Å². The van der Waals surface area contributed by atoms with Crippen molar-refractivity contribution in [2.75, 3.05) is 0 Å². The smallest absolute Gasteiger partial charge is 0.416 e. The van der Waals surface area contributed by atoms with E-state index in [-0.39, 0.29) is 17.7 Å². The monoisotopic (exact) mass is 328 g/mol. The largest absolute Gasteiger partial charge is 0.481 e. The summed E-state index contributed by atoms with van der Waals surface area (Å²) < 4.78 is 69.9. The molecule has 2 aromatic carbocycles. The Bertz CT molecular complexity index is 765. The molecular formula is C16H9F5O2. The van der Waals surface area contributed by atoms with Crippen LogP contribution in [0.3, 0.4) is 0 Å². The molecule has 0 saturated heterocycles. The van der Waals surface area contributed by atoms with Gasteiger partial charge < -0.3 is 4.74 Å². The van der Waals surface area contributed by atoms with Gasteiger partial charge in [0, 0.05) is 6.07 Å². The van der Waals surface area contributed by atoms with E-state index in [1.54, 1.807) is 0 Å². The van der Waals surface area contributed by atoms with Gasteiger partial charge in [-0.15, -0.1) is 0 Å². The maximum absolute atomic E-state index is 13.7. The molecule has 0 amide bonds. The zero-order valence-corrected chi connectivity index (χ0v) is 11.5. The van der Waals surface area contributed by atoms with Crippen molar-refractivity contribution in [2.45, 2.75) is 18.7 Å². The molecule has 0 radical (unpaired) electrons. The number of hydrogen-bond donors (Lipinski definition) is 0. The predicted molar refractivity (Wildman–Crippen MR) is 70.1 cm³/mol. The number of alkyl halides is 3. The average molecular weight is 328 g/mol. The van der Waals surface area contributed by atoms with Crippen molar-refractivity contribution >= 4 is 5.78 Å². The van der Waals surface area contributed by atoms with E-state index >= 15 is 0 Å². The van der Waals surface area contributed by atoms with Gasteiger partial charge in [0.25, 0.3) is 0 Å². The molecule has 0 aliphatic carbocycles. The summed E-state index contributed by atoms with van der Waals surface area (Å²) in [6.45, 7) is 0. The van der Waals surface area contributed by atoms with Gasteiger partial charge in [0.1, 0.15) is 11.9 Å². The zero-order chi connectivity index (χ0) is 16.8. The van der Waals surface area contributed by atoms with E-state index < -0.39 is 35.3 Å². The molecule has 0 bridgehead atoms. The van der Waals surface area contributed by atoms with Crippen LogP contribution in [0.1, 0.15) is 34.0 Å². The Morgan fingerprint density at radius 3 is 2.30 bits per heavy atom. The van der Waals surface area contributed by atoms with Crippen LogP contribution < -0.4 is 4.74 Å². The van der Waals surface area contributed by atoms with Gasteiger partial charge in [0.05, 0.1) is 17.5 Å². The average Bonchev–Trinajstić information content (AvgIpc) is 2.47. The molecule has 0 N–H and O–H groups in total. The molecular weight excluding hydrogens is 319 g/mol. The summed E-state index contributed by atoms with van der Waals surface area (Å²) in [5, 5.41) is 0. The molecule has 3 rings (SSSR count). The Morgan fingerprint density at radius 2 is 1.70 bits per heavy atom. The number of ether oxygens (including phenoxy) is 1. The SMILES string of the molecule is O=C1CC(c2ccc(C(F)(F)F)cc2)Oc2c(F)cc(F)cc21. The lowest BCUT2D eigenvalue weighted by atomic mass is 9.95. The van der Waals surface area contributed by atoms with Gasteiger partial charge in [0.2, 0.25) is 0 Å². The van der Waals surface area contributed by atoms with Crippen molar-refractivity contribution in [3.63, 3.8) is 0 Å². The Kier molecular flexibility index (Phi) is 3.58. The number of benzene rings is 2. The first kappa shape index (κ1) is 15.5. The number of carbonyl (C=O) groups excluding carboxylic acids is 1. The van der Waals surface area contributed by atoms with Crippen LogP contribution >= 0.6 is 0 Å². The van der Waals surface area contributed by atoms with Gasteiger partial charge in [-0.2, -0.15) is 13.2 Å². The van der Waals surface area contributed by atoms with Gasteiger partial charge in [-0.1, -0.05) is 12.1 Å². The molecule has 120 valence electrons. The van der Waals surface area contributed by atoms with E-state index in [0.717, 1.165) is 18.2 Å². The quantitative estimate of drug-likeness (QED) is 0.710. The lowest BCUT2D eigenvalue weighted by Crippen LogP contribution is -2.21. The molecule has 2 aromatic rings. The summed E-state index contributed by atoms with van der Waals surface area (Å²) in [6.07, 6.45) is -5.60. The van der Waals surface area contributed by atoms with Crippen molar-refractivity contribution in [3.8, 4) is 5.75 Å². The first-order valence-electron chi connectivity index (χ1n) is 6.62. The second-order valence-corrected chi connectivity index (χ2v) is 5.12. The van der Waals surface area contributed by atoms with E-state index in [2.05, 4.69) is 0 Å². The third-order valence-electron chi connectivity index (χ3n) is 3.55. The van der Waals surface area contributed by atoms with Crippen molar-refractivity contribution in [3.05, 3.63) is 64.7 Å². The van der Waals surface area contributed by atoms with E-state index in [0.29, 0.717) is 11.6 Å². The topological polar surface area (TPSA) is 26.3 Å². The Balaban J connectivity index is 1.93. The zero-order valence-electron chi connectivity index (χ0n) is 11.5. The van der Waals surface area contributed by atoms with Gasteiger partial charge in [-0.3, -0.25) is 4.79 Å². The molecule has 1 unspecified atom stereocenters. The fraction of sp³-hybridized carbons (Fsp3) is 0.188. The molecule has 0 aromatic heterocycles. The summed E-state index contributed by atoms with van der Waals surface area (Å²) in [4.78, 5) is 12.0. The lowest BCUT2D eigenvalue weighted by molar-refractivity contribution is -0.137. The van der Waals surface area contributed by atoms with Crippen LogP contribution in [-0.4, -0.2) is 5.78 Å². The fourth-order valence-corrected chi connectivity index (χ4v) is 2.42. The molecule has 1 atom stereocenters. The molecule has 2 nitrogen and oxygen atoms in total. The standard InChI is InChI=1S/C16H9F5O2/c17-10-5-11-13(22)7-14(23-15(11)12(18)6-10)8-1-3-9(4-2-8)16(19,20)21/h1-6,14H,7H2. The van der Waals surface area contributed by atoms with Crippen molar-refractivity contribution in [1.82, 2.24) is 0 Å². The van der Waals surface area contributed by atoms with Gasteiger partial charge in [-0.05, 0) is 23.8 Å². The number of rotatable bonds is 1. The van der Waals surface area contributed by atoms with Gasteiger partial charge in [0.15, 0.2) is 17.3 Å². The number of hydrogen-bond acceptors (Lipinski definition) is 2. The molecule has 1 aliphatic rings. The number of ketones is 1. The van der Waals surface area contributed by atoms with E-state index in [4.69, 9.17) is 4.74 Å². The van der Waals surface area contributed by atoms with Crippen LogP contribution in [0.4, 0.5) is 22.0 Å². The molecule has 23 heavy (non-hydrogen) atoms. The second-order valence-electron chi connectivity index (χ2n) is 5.12. The summed E-state index contributed by atoms with van der Waals surface area (Å²) in [5.41, 5.74) is -0.733. The highest BCUT2D eigenvalue weighted by Gasteiger charge is 2.33. The second kappa shape index (κ2) is 5.33. The third-order valence-corrected chi connectivity index (χ3v) is 3.55. The van der Waals surface area contributed by atoms with Crippen LogP contribution in [0.25, 0.3) is 0 Å². The molecule has 1 aliphatic heterocycles. The molecule has 0 fully saturated rings.